The zero-order chi connectivity index (χ0) is 10.5. The average Bonchev–Trinajstić information content (AvgIpc) is 2.21. The van der Waals surface area contributed by atoms with Gasteiger partial charge in [-0.1, -0.05) is 30.7 Å². The zero-order valence-corrected chi connectivity index (χ0v) is 8.78. The van der Waals surface area contributed by atoms with E-state index in [4.69, 9.17) is 5.26 Å². The van der Waals surface area contributed by atoms with E-state index in [2.05, 4.69) is 18.7 Å². The first-order chi connectivity index (χ1) is 6.91. The standard InChI is InChI=1S/C13H19N/c1-2-3-4-5-6-7-8-9-10-11-12-13-14/h2,8-9,11-12H,1,3-7,10H2/b9-8+,12-11+. The van der Waals surface area contributed by atoms with Crippen LogP contribution in [0.4, 0.5) is 0 Å². The molecule has 0 bridgehead atoms. The van der Waals surface area contributed by atoms with E-state index in [9.17, 15) is 0 Å². The Morgan fingerprint density at radius 2 is 1.79 bits per heavy atom. The molecular formula is C13H19N. The second-order valence-corrected chi connectivity index (χ2v) is 3.17. The molecule has 0 unspecified atom stereocenters. The minimum atomic E-state index is 0.875. The zero-order valence-electron chi connectivity index (χ0n) is 8.78. The van der Waals surface area contributed by atoms with Crippen LogP contribution in [0.5, 0.6) is 0 Å². The summed E-state index contributed by atoms with van der Waals surface area (Å²) in [5.41, 5.74) is 0. The van der Waals surface area contributed by atoms with Gasteiger partial charge in [-0.2, -0.15) is 5.26 Å². The fourth-order valence-electron chi connectivity index (χ4n) is 1.14. The molecule has 0 spiro atoms. The van der Waals surface area contributed by atoms with E-state index in [0.717, 1.165) is 19.3 Å². The molecule has 0 amide bonds. The van der Waals surface area contributed by atoms with Gasteiger partial charge in [-0.05, 0) is 32.1 Å². The lowest BCUT2D eigenvalue weighted by Crippen LogP contribution is -1.74. The van der Waals surface area contributed by atoms with E-state index < -0.39 is 0 Å². The number of allylic oxidation sites excluding steroid dienone is 5. The van der Waals surface area contributed by atoms with Crippen LogP contribution in [0.3, 0.4) is 0 Å². The summed E-state index contributed by atoms with van der Waals surface area (Å²) in [6, 6.07) is 1.97. The quantitative estimate of drug-likeness (QED) is 0.319. The highest BCUT2D eigenvalue weighted by molar-refractivity contribution is 5.04. The molecule has 0 radical (unpaired) electrons. The molecule has 14 heavy (non-hydrogen) atoms. The number of rotatable bonds is 8. The molecule has 1 heteroatoms. The van der Waals surface area contributed by atoms with Gasteiger partial charge >= 0.3 is 0 Å². The first-order valence-corrected chi connectivity index (χ1v) is 5.22. The van der Waals surface area contributed by atoms with Gasteiger partial charge in [0.2, 0.25) is 0 Å². The van der Waals surface area contributed by atoms with Crippen molar-refractivity contribution >= 4 is 0 Å². The Morgan fingerprint density at radius 1 is 1.00 bits per heavy atom. The van der Waals surface area contributed by atoms with Gasteiger partial charge in [0, 0.05) is 6.08 Å². The van der Waals surface area contributed by atoms with Gasteiger partial charge < -0.3 is 0 Å². The SMILES string of the molecule is C=CCCCCC/C=C/C/C=C/C#N. The fourth-order valence-corrected chi connectivity index (χ4v) is 1.14. The predicted octanol–water partition coefficient (Wildman–Crippen LogP) is 4.15. The van der Waals surface area contributed by atoms with Crippen molar-refractivity contribution in [3.63, 3.8) is 0 Å². The number of unbranched alkanes of at least 4 members (excludes halogenated alkanes) is 4. The van der Waals surface area contributed by atoms with Gasteiger partial charge in [0.25, 0.3) is 0 Å². The molecule has 0 rings (SSSR count). The molecule has 0 aromatic heterocycles. The molecule has 0 aliphatic rings. The molecule has 0 aromatic carbocycles. The Balaban J connectivity index is 3.15. The van der Waals surface area contributed by atoms with Crippen molar-refractivity contribution in [1.29, 1.82) is 5.26 Å². The molecule has 0 atom stereocenters. The second-order valence-electron chi connectivity index (χ2n) is 3.17. The maximum Gasteiger partial charge on any atom is 0.0908 e. The van der Waals surface area contributed by atoms with Crippen LogP contribution in [-0.2, 0) is 0 Å². The van der Waals surface area contributed by atoms with Crippen molar-refractivity contribution < 1.29 is 0 Å². The molecule has 1 nitrogen and oxygen atoms in total. The summed E-state index contributed by atoms with van der Waals surface area (Å²) >= 11 is 0. The summed E-state index contributed by atoms with van der Waals surface area (Å²) in [7, 11) is 0. The molecule has 0 saturated carbocycles. The third-order valence-electron chi connectivity index (χ3n) is 1.91. The minimum absolute atomic E-state index is 0.875. The summed E-state index contributed by atoms with van der Waals surface area (Å²) in [5.74, 6) is 0. The molecular weight excluding hydrogens is 170 g/mol. The van der Waals surface area contributed by atoms with E-state index in [0.29, 0.717) is 0 Å². The van der Waals surface area contributed by atoms with Crippen molar-refractivity contribution in [1.82, 2.24) is 0 Å². The lowest BCUT2D eigenvalue weighted by Gasteiger charge is -1.93. The van der Waals surface area contributed by atoms with E-state index in [1.807, 2.05) is 18.2 Å². The largest absolute Gasteiger partial charge is 0.193 e. The van der Waals surface area contributed by atoms with Crippen molar-refractivity contribution in [2.45, 2.75) is 38.5 Å². The Hall–Kier alpha value is -1.29. The first-order valence-electron chi connectivity index (χ1n) is 5.22. The van der Waals surface area contributed by atoms with Crippen molar-refractivity contribution in [3.8, 4) is 6.07 Å². The molecule has 0 aliphatic heterocycles. The van der Waals surface area contributed by atoms with Gasteiger partial charge in [0.1, 0.15) is 0 Å². The van der Waals surface area contributed by atoms with E-state index >= 15 is 0 Å². The Kier molecular flexibility index (Phi) is 10.6. The molecule has 0 fully saturated rings. The monoisotopic (exact) mass is 189 g/mol. The van der Waals surface area contributed by atoms with Crippen LogP contribution >= 0.6 is 0 Å². The van der Waals surface area contributed by atoms with Gasteiger partial charge in [0.15, 0.2) is 0 Å². The first kappa shape index (κ1) is 12.7. The Morgan fingerprint density at radius 3 is 2.50 bits per heavy atom. The molecule has 0 aromatic rings. The van der Waals surface area contributed by atoms with E-state index in [1.165, 1.54) is 25.3 Å². The van der Waals surface area contributed by atoms with Crippen LogP contribution in [-0.4, -0.2) is 0 Å². The number of hydrogen-bond acceptors (Lipinski definition) is 1. The van der Waals surface area contributed by atoms with Crippen LogP contribution in [0.15, 0.2) is 37.0 Å². The van der Waals surface area contributed by atoms with Gasteiger partial charge in [-0.3, -0.25) is 0 Å². The minimum Gasteiger partial charge on any atom is -0.193 e. The number of nitriles is 1. The predicted molar refractivity (Wildman–Crippen MR) is 61.8 cm³/mol. The molecule has 0 saturated heterocycles. The van der Waals surface area contributed by atoms with E-state index in [-0.39, 0.29) is 0 Å². The van der Waals surface area contributed by atoms with Crippen LogP contribution < -0.4 is 0 Å². The number of nitrogens with zero attached hydrogens (tertiary/aromatic N) is 1. The Labute approximate surface area is 87.4 Å². The third kappa shape index (κ3) is 10.7. The molecule has 0 aliphatic carbocycles. The van der Waals surface area contributed by atoms with Crippen molar-refractivity contribution in [3.05, 3.63) is 37.0 Å². The van der Waals surface area contributed by atoms with Gasteiger partial charge in [-0.25, -0.2) is 0 Å². The smallest absolute Gasteiger partial charge is 0.0908 e. The lowest BCUT2D eigenvalue weighted by atomic mass is 10.1. The van der Waals surface area contributed by atoms with Crippen LogP contribution in [0.25, 0.3) is 0 Å². The summed E-state index contributed by atoms with van der Waals surface area (Å²) < 4.78 is 0. The van der Waals surface area contributed by atoms with Crippen molar-refractivity contribution in [2.24, 2.45) is 0 Å². The highest BCUT2D eigenvalue weighted by Crippen LogP contribution is 2.04. The van der Waals surface area contributed by atoms with Crippen LogP contribution in [0.2, 0.25) is 0 Å². The van der Waals surface area contributed by atoms with Crippen LogP contribution in [0, 0.1) is 11.3 Å². The summed E-state index contributed by atoms with van der Waals surface area (Å²) in [6.45, 7) is 3.69. The summed E-state index contributed by atoms with van der Waals surface area (Å²) in [6.07, 6.45) is 16.6. The fraction of sp³-hybridized carbons (Fsp3) is 0.462. The molecule has 76 valence electrons. The molecule has 0 N–H and O–H groups in total. The lowest BCUT2D eigenvalue weighted by molar-refractivity contribution is 0.696. The summed E-state index contributed by atoms with van der Waals surface area (Å²) in [5, 5.41) is 8.22. The topological polar surface area (TPSA) is 23.8 Å². The maximum absolute atomic E-state index is 8.22. The average molecular weight is 189 g/mol. The second kappa shape index (κ2) is 11.7. The van der Waals surface area contributed by atoms with E-state index in [1.54, 1.807) is 0 Å². The number of hydrogen-bond donors (Lipinski definition) is 0. The Bertz CT molecular complexity index is 218. The molecule has 0 heterocycles. The highest BCUT2D eigenvalue weighted by Gasteiger charge is 1.84. The van der Waals surface area contributed by atoms with Gasteiger partial charge in [-0.15, -0.1) is 6.58 Å². The van der Waals surface area contributed by atoms with Crippen molar-refractivity contribution in [2.75, 3.05) is 0 Å². The highest BCUT2D eigenvalue weighted by atomic mass is 14.2. The summed E-state index contributed by atoms with van der Waals surface area (Å²) in [4.78, 5) is 0. The van der Waals surface area contributed by atoms with Gasteiger partial charge in [0.05, 0.1) is 6.07 Å². The van der Waals surface area contributed by atoms with Crippen LogP contribution in [0.1, 0.15) is 38.5 Å². The normalized spacial score (nSPS) is 10.8. The maximum atomic E-state index is 8.22. The third-order valence-corrected chi connectivity index (χ3v) is 1.91.